The Morgan fingerprint density at radius 3 is 2.33 bits per heavy atom. The van der Waals surface area contributed by atoms with E-state index in [1.807, 2.05) is 13.8 Å². The maximum atomic E-state index is 14.0. The van der Waals surface area contributed by atoms with Gasteiger partial charge in [0, 0.05) is 12.6 Å². The van der Waals surface area contributed by atoms with Gasteiger partial charge in [-0.25, -0.2) is 12.8 Å². The lowest BCUT2D eigenvalue weighted by molar-refractivity contribution is -0.152. The molecule has 3 aromatic rings. The summed E-state index contributed by atoms with van der Waals surface area (Å²) in [7, 11) is -4.43. The molecule has 1 unspecified atom stereocenters. The van der Waals surface area contributed by atoms with Crippen molar-refractivity contribution in [3.8, 4) is 22.6 Å². The Morgan fingerprint density at radius 2 is 1.76 bits per heavy atom. The standard InChI is InChI=1S/C22H15F6NO4S.C6H9NO3.C2H6/c23-16-8-14(9-17(12-16)33-21(24)25)13-4-5-20-19(10-13)29(6-7-32-20)34(30,31)18-3-1-2-15(11-18)22(26,27)28;1-6(5(9)10)2-3-7-4(6)8;1-2/h1-5,8-12,21H,6-7H2;2-3H2,1H3,(H,7,8)(H,9,10);1-2H3. The summed E-state index contributed by atoms with van der Waals surface area (Å²) in [6, 6.07) is 10.5. The second kappa shape index (κ2) is 14.3. The van der Waals surface area contributed by atoms with Crippen LogP contribution in [0.3, 0.4) is 0 Å². The van der Waals surface area contributed by atoms with E-state index in [9.17, 15) is 44.3 Å². The van der Waals surface area contributed by atoms with Gasteiger partial charge in [0.2, 0.25) is 5.91 Å². The molecule has 2 N–H and O–H groups in total. The number of rotatable bonds is 6. The second-order valence-electron chi connectivity index (χ2n) is 9.83. The smallest absolute Gasteiger partial charge is 0.416 e. The van der Waals surface area contributed by atoms with Crippen molar-refractivity contribution in [2.24, 2.45) is 5.41 Å². The Labute approximate surface area is 260 Å². The van der Waals surface area contributed by atoms with E-state index in [1.165, 1.54) is 25.1 Å². The van der Waals surface area contributed by atoms with Crippen molar-refractivity contribution in [2.45, 2.75) is 44.9 Å². The number of alkyl halides is 5. The summed E-state index contributed by atoms with van der Waals surface area (Å²) in [6.45, 7) is 2.48. The van der Waals surface area contributed by atoms with Gasteiger partial charge in [-0.15, -0.1) is 0 Å². The van der Waals surface area contributed by atoms with Crippen LogP contribution in [0, 0.1) is 11.2 Å². The molecule has 0 aromatic heterocycles. The van der Waals surface area contributed by atoms with E-state index in [2.05, 4.69) is 10.1 Å². The van der Waals surface area contributed by atoms with Gasteiger partial charge >= 0.3 is 18.8 Å². The number of nitrogens with zero attached hydrogens (tertiary/aromatic N) is 1. The van der Waals surface area contributed by atoms with Gasteiger partial charge in [0.25, 0.3) is 10.0 Å². The van der Waals surface area contributed by atoms with Gasteiger partial charge in [-0.1, -0.05) is 26.0 Å². The Balaban J connectivity index is 0.000000406. The number of carbonyl (C=O) groups is 2. The summed E-state index contributed by atoms with van der Waals surface area (Å²) in [5.74, 6) is -2.59. The van der Waals surface area contributed by atoms with E-state index in [0.29, 0.717) is 19.0 Å². The van der Waals surface area contributed by atoms with E-state index in [1.54, 1.807) is 0 Å². The summed E-state index contributed by atoms with van der Waals surface area (Å²) in [4.78, 5) is 20.7. The van der Waals surface area contributed by atoms with Crippen LogP contribution in [-0.2, 0) is 25.8 Å². The third kappa shape index (κ3) is 8.02. The number of carboxylic acids is 1. The van der Waals surface area contributed by atoms with Gasteiger partial charge in [0.05, 0.1) is 22.7 Å². The average molecular weight is 677 g/mol. The van der Waals surface area contributed by atoms with Gasteiger partial charge in [-0.3, -0.25) is 13.9 Å². The minimum atomic E-state index is -4.74. The molecule has 3 aromatic carbocycles. The van der Waals surface area contributed by atoms with Gasteiger partial charge in [-0.2, -0.15) is 22.0 Å². The Bertz CT molecular complexity index is 1680. The van der Waals surface area contributed by atoms with E-state index in [-0.39, 0.29) is 41.6 Å². The summed E-state index contributed by atoms with van der Waals surface area (Å²) in [5, 5.41) is 11.1. The molecular formula is C30H30F6N2O7S. The minimum absolute atomic E-state index is 0.00162. The molecule has 2 aliphatic rings. The maximum Gasteiger partial charge on any atom is 0.416 e. The SMILES string of the molecule is CC.CC1(C(=O)O)CCNC1=O.O=S(=O)(c1cccc(C(F)(F)F)c1)N1CCOc2ccc(-c3cc(F)cc(OC(F)F)c3)cc21. The first-order chi connectivity index (χ1) is 21.5. The number of halogens is 6. The molecule has 9 nitrogen and oxygen atoms in total. The van der Waals surface area contributed by atoms with Crippen molar-refractivity contribution in [1.29, 1.82) is 0 Å². The molecule has 0 spiro atoms. The van der Waals surface area contributed by atoms with Crippen molar-refractivity contribution < 1.29 is 58.9 Å². The number of amides is 1. The Hall–Kier alpha value is -4.47. The van der Waals surface area contributed by atoms with Crippen LogP contribution in [-0.4, -0.2) is 51.7 Å². The third-order valence-corrected chi connectivity index (χ3v) is 8.65. The van der Waals surface area contributed by atoms with Crippen LogP contribution in [0.1, 0.15) is 32.8 Å². The molecule has 1 amide bonds. The summed E-state index contributed by atoms with van der Waals surface area (Å²) in [5.41, 5.74) is -1.95. The first-order valence-corrected chi connectivity index (χ1v) is 15.2. The van der Waals surface area contributed by atoms with Crippen LogP contribution < -0.4 is 19.1 Å². The fourth-order valence-corrected chi connectivity index (χ4v) is 5.92. The van der Waals surface area contributed by atoms with Crippen molar-refractivity contribution in [1.82, 2.24) is 5.32 Å². The van der Waals surface area contributed by atoms with Gasteiger partial charge in [0.1, 0.15) is 29.3 Å². The highest BCUT2D eigenvalue weighted by Crippen LogP contribution is 2.40. The van der Waals surface area contributed by atoms with Crippen molar-refractivity contribution >= 4 is 27.6 Å². The molecule has 0 saturated carbocycles. The number of carboxylic acid groups (broad SMARTS) is 1. The van der Waals surface area contributed by atoms with E-state index >= 15 is 0 Å². The van der Waals surface area contributed by atoms with E-state index in [4.69, 9.17) is 9.84 Å². The number of ether oxygens (including phenoxy) is 2. The summed E-state index contributed by atoms with van der Waals surface area (Å²) in [6.07, 6.45) is -4.35. The van der Waals surface area contributed by atoms with Crippen LogP contribution >= 0.6 is 0 Å². The fraction of sp³-hybridized carbons (Fsp3) is 0.333. The molecule has 16 heteroatoms. The van der Waals surface area contributed by atoms with E-state index in [0.717, 1.165) is 40.7 Å². The number of anilines is 1. The highest BCUT2D eigenvalue weighted by atomic mass is 32.2. The zero-order chi connectivity index (χ0) is 34.4. The Kier molecular flexibility index (Phi) is 11.2. The second-order valence-corrected chi connectivity index (χ2v) is 11.7. The quantitative estimate of drug-likeness (QED) is 0.231. The van der Waals surface area contributed by atoms with E-state index < -0.39 is 56.2 Å². The van der Waals surface area contributed by atoms with Crippen molar-refractivity contribution in [2.75, 3.05) is 24.0 Å². The monoisotopic (exact) mass is 676 g/mol. The van der Waals surface area contributed by atoms with Crippen molar-refractivity contribution in [3.63, 3.8) is 0 Å². The first kappa shape index (κ1) is 36.0. The molecular weight excluding hydrogens is 646 g/mol. The predicted molar refractivity (Wildman–Crippen MR) is 155 cm³/mol. The van der Waals surface area contributed by atoms with Crippen LogP contribution in [0.25, 0.3) is 11.1 Å². The lowest BCUT2D eigenvalue weighted by Gasteiger charge is -2.31. The third-order valence-electron chi connectivity index (χ3n) is 6.84. The van der Waals surface area contributed by atoms with Crippen LogP contribution in [0.5, 0.6) is 11.5 Å². The van der Waals surface area contributed by atoms with Crippen LogP contribution in [0.15, 0.2) is 65.6 Å². The largest absolute Gasteiger partial charge is 0.489 e. The van der Waals surface area contributed by atoms with Crippen molar-refractivity contribution in [3.05, 3.63) is 72.0 Å². The molecule has 2 aliphatic heterocycles. The number of sulfonamides is 1. The lowest BCUT2D eigenvalue weighted by Crippen LogP contribution is -2.38. The predicted octanol–water partition coefficient (Wildman–Crippen LogP) is 6.32. The molecule has 0 bridgehead atoms. The maximum absolute atomic E-state index is 14.0. The van der Waals surface area contributed by atoms with Gasteiger partial charge in [-0.05, 0) is 66.9 Å². The Morgan fingerprint density at radius 1 is 1.07 bits per heavy atom. The zero-order valence-corrected chi connectivity index (χ0v) is 25.5. The summed E-state index contributed by atoms with van der Waals surface area (Å²) < 4.78 is 115. The number of benzene rings is 3. The number of fused-ring (bicyclic) bond motifs is 1. The van der Waals surface area contributed by atoms with Crippen LogP contribution in [0.4, 0.5) is 32.0 Å². The highest BCUT2D eigenvalue weighted by molar-refractivity contribution is 7.92. The molecule has 1 atom stereocenters. The molecule has 1 fully saturated rings. The van der Waals surface area contributed by atoms with Gasteiger partial charge < -0.3 is 19.9 Å². The number of hydrogen-bond donors (Lipinski definition) is 2. The number of aliphatic carboxylic acids is 1. The fourth-order valence-electron chi connectivity index (χ4n) is 4.42. The highest BCUT2D eigenvalue weighted by Gasteiger charge is 2.44. The first-order valence-electron chi connectivity index (χ1n) is 13.8. The molecule has 46 heavy (non-hydrogen) atoms. The molecule has 5 rings (SSSR count). The minimum Gasteiger partial charge on any atom is -0.489 e. The number of carbonyl (C=O) groups excluding carboxylic acids is 1. The molecule has 2 heterocycles. The molecule has 0 radical (unpaired) electrons. The zero-order valence-electron chi connectivity index (χ0n) is 24.7. The van der Waals surface area contributed by atoms with Crippen LogP contribution in [0.2, 0.25) is 0 Å². The lowest BCUT2D eigenvalue weighted by atomic mass is 9.89. The molecule has 1 saturated heterocycles. The molecule has 250 valence electrons. The normalized spacial score (nSPS) is 17.4. The average Bonchev–Trinajstić information content (AvgIpc) is 3.35. The summed E-state index contributed by atoms with van der Waals surface area (Å²) >= 11 is 0. The number of nitrogens with one attached hydrogen (secondary N) is 1. The van der Waals surface area contributed by atoms with Gasteiger partial charge in [0.15, 0.2) is 0 Å². The number of hydrogen-bond acceptors (Lipinski definition) is 6. The molecule has 0 aliphatic carbocycles. The topological polar surface area (TPSA) is 122 Å².